The molecule has 1 aliphatic rings. The molecule has 1 aliphatic heterocycles. The number of nitrogens with one attached hydrogen (secondary N) is 1. The third kappa shape index (κ3) is 2.95. The molecule has 13 heavy (non-hydrogen) atoms. The van der Waals surface area contributed by atoms with Gasteiger partial charge in [0.2, 0.25) is 5.91 Å². The normalized spacial score (nSPS) is 29.2. The van der Waals surface area contributed by atoms with Crippen LogP contribution in [-0.4, -0.2) is 43.2 Å². The Morgan fingerprint density at radius 3 is 2.85 bits per heavy atom. The van der Waals surface area contributed by atoms with E-state index < -0.39 is 5.67 Å². The van der Waals surface area contributed by atoms with Gasteiger partial charge in [0.05, 0.1) is 6.54 Å². The van der Waals surface area contributed by atoms with Crippen LogP contribution in [0.5, 0.6) is 0 Å². The van der Waals surface area contributed by atoms with Gasteiger partial charge in [0.1, 0.15) is 5.67 Å². The van der Waals surface area contributed by atoms with E-state index in [4.69, 9.17) is 0 Å². The number of carbonyl (C=O) groups excluding carboxylic acids is 1. The lowest BCUT2D eigenvalue weighted by Gasteiger charge is -2.19. The van der Waals surface area contributed by atoms with Crippen LogP contribution in [0.15, 0.2) is 0 Å². The van der Waals surface area contributed by atoms with Crippen molar-refractivity contribution in [1.82, 2.24) is 10.2 Å². The Balaban J connectivity index is 2.31. The fourth-order valence-electron chi connectivity index (χ4n) is 1.56. The van der Waals surface area contributed by atoms with E-state index >= 15 is 0 Å². The molecule has 76 valence electrons. The summed E-state index contributed by atoms with van der Waals surface area (Å²) in [6.45, 7) is 3.13. The smallest absolute Gasteiger partial charge is 0.219 e. The first-order valence-corrected chi connectivity index (χ1v) is 4.70. The largest absolute Gasteiger partial charge is 0.353 e. The molecular formula is C9H17FN2O. The standard InChI is InChI=1S/C9H17FN2O/c1-3-8(13)11-6-9(10)4-5-12(2)7-9/h3-7H2,1-2H3,(H,11,13). The Hall–Kier alpha value is -0.640. The number of rotatable bonds is 3. The van der Waals surface area contributed by atoms with E-state index in [0.717, 1.165) is 6.54 Å². The van der Waals surface area contributed by atoms with Gasteiger partial charge in [-0.25, -0.2) is 4.39 Å². The molecule has 0 saturated carbocycles. The minimum atomic E-state index is -1.21. The van der Waals surface area contributed by atoms with Crippen molar-refractivity contribution in [3.63, 3.8) is 0 Å². The van der Waals surface area contributed by atoms with Crippen LogP contribution in [0.2, 0.25) is 0 Å². The Bertz CT molecular complexity index is 198. The highest BCUT2D eigenvalue weighted by atomic mass is 19.1. The molecule has 0 aromatic heterocycles. The summed E-state index contributed by atoms with van der Waals surface area (Å²) in [4.78, 5) is 12.8. The maximum atomic E-state index is 13.8. The zero-order valence-corrected chi connectivity index (χ0v) is 8.27. The Morgan fingerprint density at radius 2 is 2.38 bits per heavy atom. The quantitative estimate of drug-likeness (QED) is 0.701. The van der Waals surface area contributed by atoms with E-state index in [2.05, 4.69) is 5.32 Å². The number of carbonyl (C=O) groups is 1. The minimum Gasteiger partial charge on any atom is -0.353 e. The molecule has 3 nitrogen and oxygen atoms in total. The average Bonchev–Trinajstić information content (AvgIpc) is 2.43. The summed E-state index contributed by atoms with van der Waals surface area (Å²) in [7, 11) is 1.89. The van der Waals surface area contributed by atoms with Gasteiger partial charge >= 0.3 is 0 Å². The van der Waals surface area contributed by atoms with Gasteiger partial charge in [-0.2, -0.15) is 0 Å². The fourth-order valence-corrected chi connectivity index (χ4v) is 1.56. The summed E-state index contributed by atoms with van der Waals surface area (Å²) in [6.07, 6.45) is 0.944. The monoisotopic (exact) mass is 188 g/mol. The van der Waals surface area contributed by atoms with Gasteiger partial charge in [0, 0.05) is 19.5 Å². The van der Waals surface area contributed by atoms with E-state index in [-0.39, 0.29) is 12.5 Å². The van der Waals surface area contributed by atoms with Gasteiger partial charge in [0.15, 0.2) is 0 Å². The van der Waals surface area contributed by atoms with Crippen molar-refractivity contribution in [2.45, 2.75) is 25.4 Å². The number of alkyl halides is 1. The second kappa shape index (κ2) is 4.05. The van der Waals surface area contributed by atoms with Crippen LogP contribution in [0.1, 0.15) is 19.8 Å². The van der Waals surface area contributed by atoms with Gasteiger partial charge in [-0.05, 0) is 13.5 Å². The Morgan fingerprint density at radius 1 is 1.69 bits per heavy atom. The fraction of sp³-hybridized carbons (Fsp3) is 0.889. The highest BCUT2D eigenvalue weighted by molar-refractivity contribution is 5.75. The first kappa shape index (κ1) is 10.4. The van der Waals surface area contributed by atoms with Crippen molar-refractivity contribution in [2.24, 2.45) is 0 Å². The number of amides is 1. The molecule has 0 spiro atoms. The molecule has 1 atom stereocenters. The number of halogens is 1. The van der Waals surface area contributed by atoms with Crippen molar-refractivity contribution in [1.29, 1.82) is 0 Å². The van der Waals surface area contributed by atoms with Crippen molar-refractivity contribution in [2.75, 3.05) is 26.7 Å². The second-order valence-corrected chi connectivity index (χ2v) is 3.77. The summed E-state index contributed by atoms with van der Waals surface area (Å²) in [6, 6.07) is 0. The summed E-state index contributed by atoms with van der Waals surface area (Å²) < 4.78 is 13.8. The molecular weight excluding hydrogens is 171 g/mol. The molecule has 1 fully saturated rings. The highest BCUT2D eigenvalue weighted by Gasteiger charge is 2.36. The van der Waals surface area contributed by atoms with Crippen LogP contribution in [0.4, 0.5) is 4.39 Å². The molecule has 0 bridgehead atoms. The molecule has 0 aliphatic carbocycles. The summed E-state index contributed by atoms with van der Waals surface area (Å²) in [5.41, 5.74) is -1.21. The maximum Gasteiger partial charge on any atom is 0.219 e. The number of hydrogen-bond donors (Lipinski definition) is 1. The number of nitrogens with zero attached hydrogens (tertiary/aromatic N) is 1. The zero-order chi connectivity index (χ0) is 9.90. The van der Waals surface area contributed by atoms with Gasteiger partial charge in [0.25, 0.3) is 0 Å². The Labute approximate surface area is 78.3 Å². The van der Waals surface area contributed by atoms with Crippen molar-refractivity contribution >= 4 is 5.91 Å². The van der Waals surface area contributed by atoms with Crippen LogP contribution >= 0.6 is 0 Å². The van der Waals surface area contributed by atoms with E-state index in [1.54, 1.807) is 6.92 Å². The van der Waals surface area contributed by atoms with E-state index in [1.807, 2.05) is 11.9 Å². The summed E-state index contributed by atoms with van der Waals surface area (Å²) in [5.74, 6) is -0.0772. The highest BCUT2D eigenvalue weighted by Crippen LogP contribution is 2.23. The predicted molar refractivity (Wildman–Crippen MR) is 49.3 cm³/mol. The van der Waals surface area contributed by atoms with Gasteiger partial charge in [-0.3, -0.25) is 4.79 Å². The van der Waals surface area contributed by atoms with E-state index in [0.29, 0.717) is 19.4 Å². The van der Waals surface area contributed by atoms with Crippen LogP contribution in [-0.2, 0) is 4.79 Å². The maximum absolute atomic E-state index is 13.8. The first-order chi connectivity index (χ1) is 6.06. The topological polar surface area (TPSA) is 32.3 Å². The van der Waals surface area contributed by atoms with Crippen LogP contribution in [0.25, 0.3) is 0 Å². The number of likely N-dealkylation sites (tertiary alicyclic amines) is 1. The molecule has 1 N–H and O–H groups in total. The molecule has 0 radical (unpaired) electrons. The van der Waals surface area contributed by atoms with Crippen LogP contribution in [0.3, 0.4) is 0 Å². The molecule has 1 unspecified atom stereocenters. The Kier molecular flexibility index (Phi) is 3.25. The minimum absolute atomic E-state index is 0.0772. The molecule has 1 rings (SSSR count). The SMILES string of the molecule is CCC(=O)NCC1(F)CCN(C)C1. The molecule has 4 heteroatoms. The number of hydrogen-bond acceptors (Lipinski definition) is 2. The third-order valence-electron chi connectivity index (χ3n) is 2.42. The molecule has 1 amide bonds. The van der Waals surface area contributed by atoms with E-state index in [9.17, 15) is 9.18 Å². The van der Waals surface area contributed by atoms with Gasteiger partial charge in [-0.1, -0.05) is 6.92 Å². The van der Waals surface area contributed by atoms with Crippen molar-refractivity contribution in [3.05, 3.63) is 0 Å². The second-order valence-electron chi connectivity index (χ2n) is 3.77. The zero-order valence-electron chi connectivity index (χ0n) is 8.27. The van der Waals surface area contributed by atoms with Gasteiger partial charge in [-0.15, -0.1) is 0 Å². The molecule has 1 heterocycles. The molecule has 1 saturated heterocycles. The lowest BCUT2D eigenvalue weighted by atomic mass is 10.1. The van der Waals surface area contributed by atoms with Crippen LogP contribution in [0, 0.1) is 0 Å². The van der Waals surface area contributed by atoms with E-state index in [1.165, 1.54) is 0 Å². The third-order valence-corrected chi connectivity index (χ3v) is 2.42. The summed E-state index contributed by atoms with van der Waals surface area (Å²) >= 11 is 0. The predicted octanol–water partition coefficient (Wildman–Crippen LogP) is 0.556. The lowest BCUT2D eigenvalue weighted by Crippen LogP contribution is -2.41. The molecule has 0 aromatic carbocycles. The first-order valence-electron chi connectivity index (χ1n) is 4.70. The molecule has 0 aromatic rings. The van der Waals surface area contributed by atoms with Crippen LogP contribution < -0.4 is 5.32 Å². The summed E-state index contributed by atoms with van der Waals surface area (Å²) in [5, 5.41) is 2.59. The van der Waals surface area contributed by atoms with Crippen molar-refractivity contribution in [3.8, 4) is 0 Å². The van der Waals surface area contributed by atoms with Crippen molar-refractivity contribution < 1.29 is 9.18 Å². The lowest BCUT2D eigenvalue weighted by molar-refractivity contribution is -0.121. The average molecular weight is 188 g/mol. The van der Waals surface area contributed by atoms with Gasteiger partial charge < -0.3 is 10.2 Å².